The molecule has 5 heteroatoms. The first-order valence-electron chi connectivity index (χ1n) is 6.44. The van der Waals surface area contributed by atoms with Gasteiger partial charge in [-0.25, -0.2) is 0 Å². The molecule has 0 unspecified atom stereocenters. The molecule has 20 heavy (non-hydrogen) atoms. The Hall–Kier alpha value is -2.56. The standard InChI is InChI=1S/C15H18N5/c1-4-6-12-8-9-15(16)19-20(12)14-10-11(3)17-18-13(14)7-5-2/h4-10H,1-3H3,(H2,16,19)/q+1. The van der Waals surface area contributed by atoms with Crippen LogP contribution in [0.5, 0.6) is 0 Å². The van der Waals surface area contributed by atoms with Crippen LogP contribution in [-0.4, -0.2) is 15.3 Å². The van der Waals surface area contributed by atoms with Gasteiger partial charge in [-0.15, -0.1) is 5.10 Å². The van der Waals surface area contributed by atoms with E-state index in [1.54, 1.807) is 10.7 Å². The lowest BCUT2D eigenvalue weighted by molar-refractivity contribution is -0.660. The molecule has 2 aromatic heterocycles. The number of aryl methyl sites for hydroxylation is 1. The van der Waals surface area contributed by atoms with E-state index in [9.17, 15) is 0 Å². The van der Waals surface area contributed by atoms with E-state index in [1.165, 1.54) is 0 Å². The molecule has 0 aliphatic carbocycles. The molecular formula is C15H18N5+. The van der Waals surface area contributed by atoms with Crippen molar-refractivity contribution in [2.75, 3.05) is 5.73 Å². The molecule has 2 aromatic rings. The second kappa shape index (κ2) is 6.06. The van der Waals surface area contributed by atoms with Gasteiger partial charge in [0.05, 0.1) is 5.69 Å². The molecule has 2 heterocycles. The summed E-state index contributed by atoms with van der Waals surface area (Å²) in [7, 11) is 0. The summed E-state index contributed by atoms with van der Waals surface area (Å²) in [6.07, 6.45) is 7.76. The zero-order valence-electron chi connectivity index (χ0n) is 11.9. The number of aromatic nitrogens is 4. The molecule has 0 aliphatic rings. The van der Waals surface area contributed by atoms with Gasteiger partial charge in [0.15, 0.2) is 11.5 Å². The van der Waals surface area contributed by atoms with Gasteiger partial charge in [-0.05, 0) is 37.6 Å². The first kappa shape index (κ1) is 13.9. The summed E-state index contributed by atoms with van der Waals surface area (Å²) in [5.41, 5.74) is 9.19. The molecule has 0 atom stereocenters. The van der Waals surface area contributed by atoms with Gasteiger partial charge >= 0.3 is 0 Å². The zero-order chi connectivity index (χ0) is 14.5. The summed E-state index contributed by atoms with van der Waals surface area (Å²) >= 11 is 0. The van der Waals surface area contributed by atoms with Gasteiger partial charge in [-0.3, -0.25) is 0 Å². The van der Waals surface area contributed by atoms with Crippen molar-refractivity contribution in [3.63, 3.8) is 0 Å². The highest BCUT2D eigenvalue weighted by Gasteiger charge is 2.20. The number of allylic oxidation sites excluding steroid dienone is 2. The van der Waals surface area contributed by atoms with Crippen LogP contribution < -0.4 is 10.4 Å². The minimum atomic E-state index is 0.458. The van der Waals surface area contributed by atoms with Crippen molar-refractivity contribution in [1.82, 2.24) is 15.3 Å². The number of anilines is 1. The first-order chi connectivity index (χ1) is 9.65. The van der Waals surface area contributed by atoms with Crippen LogP contribution in [0.15, 0.2) is 30.4 Å². The summed E-state index contributed by atoms with van der Waals surface area (Å²) in [5, 5.41) is 12.7. The van der Waals surface area contributed by atoms with E-state index in [0.29, 0.717) is 5.82 Å². The number of rotatable bonds is 3. The Balaban J connectivity index is 2.72. The smallest absolute Gasteiger partial charge is 0.268 e. The highest BCUT2D eigenvalue weighted by molar-refractivity contribution is 5.53. The average Bonchev–Trinajstić information content (AvgIpc) is 2.43. The van der Waals surface area contributed by atoms with Crippen molar-refractivity contribution < 1.29 is 4.68 Å². The molecule has 0 amide bonds. The molecule has 0 saturated carbocycles. The molecule has 2 rings (SSSR count). The summed E-state index contributed by atoms with van der Waals surface area (Å²) in [4.78, 5) is 0. The molecule has 0 aromatic carbocycles. The van der Waals surface area contributed by atoms with Gasteiger partial charge in [0.25, 0.3) is 5.69 Å². The van der Waals surface area contributed by atoms with Crippen molar-refractivity contribution in [3.8, 4) is 5.69 Å². The molecule has 0 radical (unpaired) electrons. The monoisotopic (exact) mass is 268 g/mol. The third kappa shape index (κ3) is 2.88. The summed E-state index contributed by atoms with van der Waals surface area (Å²) in [6.45, 7) is 5.80. The van der Waals surface area contributed by atoms with E-state index < -0.39 is 0 Å². The maximum atomic E-state index is 5.81. The molecule has 2 N–H and O–H groups in total. The number of nitrogens with zero attached hydrogens (tertiary/aromatic N) is 4. The lowest BCUT2D eigenvalue weighted by atomic mass is 10.2. The van der Waals surface area contributed by atoms with Gasteiger partial charge < -0.3 is 5.73 Å². The molecule has 0 bridgehead atoms. The van der Waals surface area contributed by atoms with Crippen LogP contribution in [0.4, 0.5) is 5.82 Å². The van der Waals surface area contributed by atoms with Crippen LogP contribution in [0.2, 0.25) is 0 Å². The number of hydrogen-bond donors (Lipinski definition) is 1. The average molecular weight is 268 g/mol. The lowest BCUT2D eigenvalue weighted by Gasteiger charge is -2.02. The maximum Gasteiger partial charge on any atom is 0.268 e. The minimum absolute atomic E-state index is 0.458. The summed E-state index contributed by atoms with van der Waals surface area (Å²) in [6, 6.07) is 5.65. The molecule has 0 fully saturated rings. The van der Waals surface area contributed by atoms with Gasteiger partial charge in [0.2, 0.25) is 5.69 Å². The Morgan fingerprint density at radius 3 is 2.55 bits per heavy atom. The lowest BCUT2D eigenvalue weighted by Crippen LogP contribution is -2.40. The highest BCUT2D eigenvalue weighted by Crippen LogP contribution is 2.10. The highest BCUT2D eigenvalue weighted by atomic mass is 15.3. The Bertz CT molecular complexity index is 614. The molecule has 5 nitrogen and oxygen atoms in total. The topological polar surface area (TPSA) is 68.6 Å². The predicted octanol–water partition coefficient (Wildman–Crippen LogP) is 2.11. The normalized spacial score (nSPS) is 11.6. The Kier molecular flexibility index (Phi) is 4.20. The van der Waals surface area contributed by atoms with Gasteiger partial charge in [0, 0.05) is 23.3 Å². The number of nitrogens with two attached hydrogens (primary N) is 1. The van der Waals surface area contributed by atoms with Crippen LogP contribution in [0.1, 0.15) is 30.9 Å². The summed E-state index contributed by atoms with van der Waals surface area (Å²) < 4.78 is 1.78. The Labute approximate surface area is 118 Å². The molecule has 0 saturated heterocycles. The predicted molar refractivity (Wildman–Crippen MR) is 79.9 cm³/mol. The van der Waals surface area contributed by atoms with E-state index in [2.05, 4.69) is 15.3 Å². The van der Waals surface area contributed by atoms with Crippen molar-refractivity contribution in [1.29, 1.82) is 0 Å². The van der Waals surface area contributed by atoms with Crippen molar-refractivity contribution >= 4 is 18.0 Å². The fourth-order valence-corrected chi connectivity index (χ4v) is 1.87. The third-order valence-corrected chi connectivity index (χ3v) is 2.70. The second-order valence-electron chi connectivity index (χ2n) is 4.35. The van der Waals surface area contributed by atoms with E-state index in [1.807, 2.05) is 57.2 Å². The molecule has 0 spiro atoms. The zero-order valence-corrected chi connectivity index (χ0v) is 11.9. The number of nitrogen functional groups attached to an aromatic ring is 1. The molecule has 0 aliphatic heterocycles. The van der Waals surface area contributed by atoms with Crippen molar-refractivity contribution in [3.05, 3.63) is 47.4 Å². The van der Waals surface area contributed by atoms with Gasteiger partial charge in [-0.2, -0.15) is 5.10 Å². The maximum absolute atomic E-state index is 5.81. The SMILES string of the molecule is CC=Cc1nnc(C)cc1-[n+]1nc(N)ccc1C=CC. The van der Waals surface area contributed by atoms with E-state index >= 15 is 0 Å². The fraction of sp³-hybridized carbons (Fsp3) is 0.200. The Morgan fingerprint density at radius 2 is 1.85 bits per heavy atom. The van der Waals surface area contributed by atoms with Crippen molar-refractivity contribution in [2.24, 2.45) is 0 Å². The Morgan fingerprint density at radius 1 is 1.10 bits per heavy atom. The second-order valence-corrected chi connectivity index (χ2v) is 4.35. The largest absolute Gasteiger partial charge is 0.379 e. The van der Waals surface area contributed by atoms with Crippen LogP contribution in [-0.2, 0) is 0 Å². The van der Waals surface area contributed by atoms with Crippen LogP contribution in [0.25, 0.3) is 17.8 Å². The molecule has 102 valence electrons. The first-order valence-corrected chi connectivity index (χ1v) is 6.44. The minimum Gasteiger partial charge on any atom is -0.379 e. The van der Waals surface area contributed by atoms with Gasteiger partial charge in [0.1, 0.15) is 0 Å². The van der Waals surface area contributed by atoms with Crippen LogP contribution >= 0.6 is 0 Å². The summed E-state index contributed by atoms with van der Waals surface area (Å²) in [5.74, 6) is 0.458. The molecular weight excluding hydrogens is 250 g/mol. The third-order valence-electron chi connectivity index (χ3n) is 2.70. The fourth-order valence-electron chi connectivity index (χ4n) is 1.87. The quantitative estimate of drug-likeness (QED) is 0.866. The van der Waals surface area contributed by atoms with E-state index in [0.717, 1.165) is 22.8 Å². The number of hydrogen-bond acceptors (Lipinski definition) is 4. The van der Waals surface area contributed by atoms with Crippen molar-refractivity contribution in [2.45, 2.75) is 20.8 Å². The van der Waals surface area contributed by atoms with Crippen LogP contribution in [0.3, 0.4) is 0 Å². The van der Waals surface area contributed by atoms with Crippen LogP contribution in [0, 0.1) is 6.92 Å². The van der Waals surface area contributed by atoms with E-state index in [4.69, 9.17) is 5.73 Å². The van der Waals surface area contributed by atoms with Gasteiger partial charge in [-0.1, -0.05) is 12.2 Å². The van der Waals surface area contributed by atoms with E-state index in [-0.39, 0.29) is 0 Å².